The molecule has 0 atom stereocenters. The Kier molecular flexibility index (Phi) is 7.17. The fourth-order valence-corrected chi connectivity index (χ4v) is 2.33. The Labute approximate surface area is 138 Å². The van der Waals surface area contributed by atoms with Crippen LogP contribution >= 0.6 is 0 Å². The third-order valence-electron chi connectivity index (χ3n) is 3.65. The maximum Gasteiger partial charge on any atom is 0.191 e. The van der Waals surface area contributed by atoms with Crippen molar-refractivity contribution < 1.29 is 0 Å². The number of hydrogen-bond donors (Lipinski definition) is 2. The van der Waals surface area contributed by atoms with Crippen molar-refractivity contribution in [3.8, 4) is 5.69 Å². The fourth-order valence-electron chi connectivity index (χ4n) is 2.33. The van der Waals surface area contributed by atoms with Gasteiger partial charge in [-0.2, -0.15) is 5.10 Å². The van der Waals surface area contributed by atoms with Crippen LogP contribution in [0.5, 0.6) is 0 Å². The van der Waals surface area contributed by atoms with E-state index in [1.807, 2.05) is 47.3 Å². The van der Waals surface area contributed by atoms with E-state index in [4.69, 9.17) is 0 Å². The van der Waals surface area contributed by atoms with Crippen LogP contribution in [0.15, 0.2) is 47.6 Å². The predicted octanol–water partition coefficient (Wildman–Crippen LogP) is 3.12. The summed E-state index contributed by atoms with van der Waals surface area (Å²) in [5.74, 6) is 0.829. The van der Waals surface area contributed by atoms with Gasteiger partial charge in [0.2, 0.25) is 0 Å². The second-order valence-corrected chi connectivity index (χ2v) is 5.50. The van der Waals surface area contributed by atoms with Gasteiger partial charge in [0.05, 0.1) is 17.9 Å². The Hall–Kier alpha value is -2.30. The van der Waals surface area contributed by atoms with Crippen molar-refractivity contribution in [1.29, 1.82) is 0 Å². The summed E-state index contributed by atoms with van der Waals surface area (Å²) in [6, 6.07) is 12.1. The Morgan fingerprint density at radius 3 is 2.65 bits per heavy atom. The Morgan fingerprint density at radius 2 is 1.91 bits per heavy atom. The summed E-state index contributed by atoms with van der Waals surface area (Å²) in [4.78, 5) is 4.25. The molecule has 23 heavy (non-hydrogen) atoms. The molecule has 0 saturated heterocycles. The number of nitrogens with zero attached hydrogens (tertiary/aromatic N) is 3. The number of rotatable bonds is 8. The smallest absolute Gasteiger partial charge is 0.191 e. The van der Waals surface area contributed by atoms with Crippen LogP contribution in [0.25, 0.3) is 5.69 Å². The molecule has 0 unspecified atom stereocenters. The molecule has 2 rings (SSSR count). The van der Waals surface area contributed by atoms with Gasteiger partial charge in [0.25, 0.3) is 0 Å². The van der Waals surface area contributed by atoms with Crippen LogP contribution < -0.4 is 10.6 Å². The first-order chi connectivity index (χ1) is 11.3. The van der Waals surface area contributed by atoms with E-state index >= 15 is 0 Å². The third kappa shape index (κ3) is 5.77. The number of benzene rings is 1. The number of aliphatic imine (C=N–C) groups is 1. The van der Waals surface area contributed by atoms with E-state index in [0.29, 0.717) is 6.54 Å². The molecule has 0 bridgehead atoms. The lowest BCUT2D eigenvalue weighted by Crippen LogP contribution is -2.37. The van der Waals surface area contributed by atoms with Crippen LogP contribution in [0.3, 0.4) is 0 Å². The van der Waals surface area contributed by atoms with Gasteiger partial charge in [-0.3, -0.25) is 4.99 Å². The molecular formula is C18H27N5. The van der Waals surface area contributed by atoms with Crippen molar-refractivity contribution in [3.63, 3.8) is 0 Å². The topological polar surface area (TPSA) is 54.2 Å². The molecule has 5 nitrogen and oxygen atoms in total. The standard InChI is InChI=1S/C18H27N5/c1-3-4-5-9-13-20-18(19-2)21-15-16-12-14-23(22-16)17-10-7-6-8-11-17/h6-8,10-12,14H,3-5,9,13,15H2,1-2H3,(H2,19,20,21). The zero-order chi connectivity index (χ0) is 16.3. The largest absolute Gasteiger partial charge is 0.356 e. The van der Waals surface area contributed by atoms with Crippen LogP contribution in [0.1, 0.15) is 38.3 Å². The van der Waals surface area contributed by atoms with Gasteiger partial charge in [-0.1, -0.05) is 44.4 Å². The normalized spacial score (nSPS) is 11.5. The molecule has 5 heteroatoms. The maximum absolute atomic E-state index is 4.58. The molecule has 0 fully saturated rings. The molecular weight excluding hydrogens is 286 g/mol. The first-order valence-electron chi connectivity index (χ1n) is 8.38. The van der Waals surface area contributed by atoms with E-state index in [-0.39, 0.29) is 0 Å². The Bertz CT molecular complexity index is 588. The van der Waals surface area contributed by atoms with E-state index in [0.717, 1.165) is 23.9 Å². The SMILES string of the molecule is CCCCCCNC(=NC)NCc1ccn(-c2ccccc2)n1. The summed E-state index contributed by atoms with van der Waals surface area (Å²) in [6.45, 7) is 3.84. The van der Waals surface area contributed by atoms with Gasteiger partial charge in [-0.15, -0.1) is 0 Å². The highest BCUT2D eigenvalue weighted by Gasteiger charge is 2.02. The monoisotopic (exact) mass is 313 g/mol. The zero-order valence-electron chi connectivity index (χ0n) is 14.1. The molecule has 2 aromatic rings. The van der Waals surface area contributed by atoms with Crippen molar-refractivity contribution in [2.24, 2.45) is 4.99 Å². The van der Waals surface area contributed by atoms with Crippen LogP contribution in [0.4, 0.5) is 0 Å². The molecule has 124 valence electrons. The molecule has 0 saturated carbocycles. The average molecular weight is 313 g/mol. The van der Waals surface area contributed by atoms with Crippen molar-refractivity contribution in [3.05, 3.63) is 48.3 Å². The minimum Gasteiger partial charge on any atom is -0.356 e. The molecule has 0 amide bonds. The number of guanidine groups is 1. The van der Waals surface area contributed by atoms with E-state index < -0.39 is 0 Å². The van der Waals surface area contributed by atoms with Gasteiger partial charge < -0.3 is 10.6 Å². The summed E-state index contributed by atoms with van der Waals surface area (Å²) < 4.78 is 1.89. The second-order valence-electron chi connectivity index (χ2n) is 5.50. The zero-order valence-corrected chi connectivity index (χ0v) is 14.1. The van der Waals surface area contributed by atoms with Gasteiger partial charge >= 0.3 is 0 Å². The predicted molar refractivity (Wildman–Crippen MR) is 95.9 cm³/mol. The molecule has 0 aliphatic heterocycles. The van der Waals surface area contributed by atoms with Gasteiger partial charge in [-0.05, 0) is 24.6 Å². The summed E-state index contributed by atoms with van der Waals surface area (Å²) in [7, 11) is 1.80. The number of hydrogen-bond acceptors (Lipinski definition) is 2. The average Bonchev–Trinajstić information content (AvgIpc) is 3.07. The van der Waals surface area contributed by atoms with Crippen LogP contribution in [0, 0.1) is 0 Å². The summed E-state index contributed by atoms with van der Waals surface area (Å²) >= 11 is 0. The highest BCUT2D eigenvalue weighted by Crippen LogP contribution is 2.06. The molecule has 0 aliphatic carbocycles. The molecule has 2 N–H and O–H groups in total. The highest BCUT2D eigenvalue weighted by molar-refractivity contribution is 5.79. The van der Waals surface area contributed by atoms with Gasteiger partial charge in [-0.25, -0.2) is 4.68 Å². The van der Waals surface area contributed by atoms with E-state index in [9.17, 15) is 0 Å². The van der Waals surface area contributed by atoms with Crippen LogP contribution in [0.2, 0.25) is 0 Å². The minimum atomic E-state index is 0.661. The van der Waals surface area contributed by atoms with E-state index in [1.54, 1.807) is 7.05 Å². The first kappa shape index (κ1) is 17.1. The third-order valence-corrected chi connectivity index (χ3v) is 3.65. The van der Waals surface area contributed by atoms with Gasteiger partial charge in [0, 0.05) is 19.8 Å². The first-order valence-corrected chi connectivity index (χ1v) is 8.38. The minimum absolute atomic E-state index is 0.661. The lowest BCUT2D eigenvalue weighted by Gasteiger charge is -2.10. The maximum atomic E-state index is 4.58. The lowest BCUT2D eigenvalue weighted by atomic mass is 10.2. The second kappa shape index (κ2) is 9.66. The number of nitrogens with one attached hydrogen (secondary N) is 2. The summed E-state index contributed by atoms with van der Waals surface area (Å²) in [5, 5.41) is 11.2. The highest BCUT2D eigenvalue weighted by atomic mass is 15.3. The Morgan fingerprint density at radius 1 is 1.09 bits per heavy atom. The molecule has 0 spiro atoms. The van der Waals surface area contributed by atoms with Crippen molar-refractivity contribution in [2.75, 3.05) is 13.6 Å². The number of unbranched alkanes of at least 4 members (excludes halogenated alkanes) is 3. The van der Waals surface area contributed by atoms with Crippen molar-refractivity contribution >= 4 is 5.96 Å². The van der Waals surface area contributed by atoms with Crippen LogP contribution in [-0.4, -0.2) is 29.3 Å². The fraction of sp³-hybridized carbons (Fsp3) is 0.444. The Balaban J connectivity index is 1.77. The molecule has 0 radical (unpaired) electrons. The van der Waals surface area contributed by atoms with Gasteiger partial charge in [0.15, 0.2) is 5.96 Å². The molecule has 1 heterocycles. The van der Waals surface area contributed by atoms with Gasteiger partial charge in [0.1, 0.15) is 0 Å². The molecule has 1 aromatic carbocycles. The molecule has 0 aliphatic rings. The quantitative estimate of drug-likeness (QED) is 0.447. The van der Waals surface area contributed by atoms with E-state index in [1.165, 1.54) is 25.7 Å². The number of aromatic nitrogens is 2. The van der Waals surface area contributed by atoms with E-state index in [2.05, 4.69) is 27.6 Å². The summed E-state index contributed by atoms with van der Waals surface area (Å²) in [6.07, 6.45) is 6.98. The lowest BCUT2D eigenvalue weighted by molar-refractivity contribution is 0.646. The van der Waals surface area contributed by atoms with Crippen molar-refractivity contribution in [2.45, 2.75) is 39.2 Å². The molecule has 1 aromatic heterocycles. The van der Waals surface area contributed by atoms with Crippen LogP contribution in [-0.2, 0) is 6.54 Å². The van der Waals surface area contributed by atoms with Crippen molar-refractivity contribution in [1.82, 2.24) is 20.4 Å². The summed E-state index contributed by atoms with van der Waals surface area (Å²) in [5.41, 5.74) is 2.06. The number of para-hydroxylation sites is 1.